The van der Waals surface area contributed by atoms with Crippen LogP contribution in [0.25, 0.3) is 0 Å². The number of fused-ring (bicyclic) bond motifs is 1. The van der Waals surface area contributed by atoms with Crippen LogP contribution in [0.5, 0.6) is 23.0 Å². The predicted molar refractivity (Wildman–Crippen MR) is 138 cm³/mol. The van der Waals surface area contributed by atoms with Crippen LogP contribution in [0.1, 0.15) is 41.3 Å². The SMILES string of the molecule is COc1cc(C2C(C#N)=C(N)Oc3cc(OC(=O)c4ccc(Br)cc4)ccc32)ccc1OCC(C)C. The van der Waals surface area contributed by atoms with Gasteiger partial charge in [0.05, 0.1) is 25.2 Å². The molecule has 2 N–H and O–H groups in total. The highest BCUT2D eigenvalue weighted by Crippen LogP contribution is 2.45. The molecule has 36 heavy (non-hydrogen) atoms. The first-order valence-corrected chi connectivity index (χ1v) is 12.1. The molecule has 1 aliphatic rings. The fourth-order valence-electron chi connectivity index (χ4n) is 3.83. The smallest absolute Gasteiger partial charge is 0.343 e. The topological polar surface area (TPSA) is 104 Å². The molecule has 0 radical (unpaired) electrons. The summed E-state index contributed by atoms with van der Waals surface area (Å²) in [5.74, 6) is 1.22. The molecule has 7 nitrogen and oxygen atoms in total. The van der Waals surface area contributed by atoms with E-state index in [4.69, 9.17) is 24.7 Å². The van der Waals surface area contributed by atoms with Crippen LogP contribution in [0.2, 0.25) is 0 Å². The number of hydrogen-bond donors (Lipinski definition) is 1. The maximum atomic E-state index is 12.6. The Hall–Kier alpha value is -3.96. The van der Waals surface area contributed by atoms with Crippen molar-refractivity contribution in [1.29, 1.82) is 5.26 Å². The lowest BCUT2D eigenvalue weighted by Gasteiger charge is -2.27. The van der Waals surface area contributed by atoms with Crippen molar-refractivity contribution in [3.63, 3.8) is 0 Å². The molecule has 0 saturated heterocycles. The van der Waals surface area contributed by atoms with Gasteiger partial charge in [-0.25, -0.2) is 4.79 Å². The fraction of sp³-hybridized carbons (Fsp3) is 0.214. The maximum Gasteiger partial charge on any atom is 0.343 e. The Bertz CT molecular complexity index is 1360. The van der Waals surface area contributed by atoms with Gasteiger partial charge in [0, 0.05) is 16.1 Å². The van der Waals surface area contributed by atoms with Gasteiger partial charge < -0.3 is 24.7 Å². The van der Waals surface area contributed by atoms with E-state index < -0.39 is 11.9 Å². The molecule has 0 fully saturated rings. The molecular formula is C28H25BrN2O5. The molecule has 1 atom stereocenters. The second-order valence-electron chi connectivity index (χ2n) is 8.64. The minimum atomic E-state index is -0.502. The average Bonchev–Trinajstić information content (AvgIpc) is 2.86. The third kappa shape index (κ3) is 5.31. The first kappa shape index (κ1) is 25.1. The quantitative estimate of drug-likeness (QED) is 0.288. The Morgan fingerprint density at radius 1 is 1.11 bits per heavy atom. The summed E-state index contributed by atoms with van der Waals surface area (Å²) in [6.07, 6.45) is 0. The van der Waals surface area contributed by atoms with Crippen molar-refractivity contribution in [3.8, 4) is 29.1 Å². The number of esters is 1. The Balaban J connectivity index is 1.67. The van der Waals surface area contributed by atoms with Crippen LogP contribution in [0.15, 0.2) is 76.6 Å². The predicted octanol–water partition coefficient (Wildman–Crippen LogP) is 5.93. The zero-order valence-corrected chi connectivity index (χ0v) is 21.7. The third-order valence-corrected chi connectivity index (χ3v) is 6.10. The van der Waals surface area contributed by atoms with Gasteiger partial charge in [0.1, 0.15) is 23.1 Å². The molecule has 0 aromatic heterocycles. The number of methoxy groups -OCH3 is 1. The Morgan fingerprint density at radius 3 is 2.53 bits per heavy atom. The van der Waals surface area contributed by atoms with Gasteiger partial charge in [-0.2, -0.15) is 5.26 Å². The summed E-state index contributed by atoms with van der Waals surface area (Å²) < 4.78 is 23.6. The van der Waals surface area contributed by atoms with E-state index in [-0.39, 0.29) is 11.5 Å². The van der Waals surface area contributed by atoms with Gasteiger partial charge >= 0.3 is 5.97 Å². The van der Waals surface area contributed by atoms with E-state index in [0.717, 1.165) is 10.0 Å². The second-order valence-corrected chi connectivity index (χ2v) is 9.55. The summed E-state index contributed by atoms with van der Waals surface area (Å²) in [4.78, 5) is 12.6. The number of nitrogens with two attached hydrogens (primary N) is 1. The molecule has 0 bridgehead atoms. The van der Waals surface area contributed by atoms with E-state index in [9.17, 15) is 10.1 Å². The van der Waals surface area contributed by atoms with Crippen molar-refractivity contribution in [3.05, 3.63) is 93.3 Å². The highest BCUT2D eigenvalue weighted by atomic mass is 79.9. The molecule has 0 saturated carbocycles. The fourth-order valence-corrected chi connectivity index (χ4v) is 4.10. The van der Waals surface area contributed by atoms with E-state index in [1.807, 2.05) is 18.2 Å². The van der Waals surface area contributed by atoms with Gasteiger partial charge in [0.2, 0.25) is 5.88 Å². The van der Waals surface area contributed by atoms with Crippen LogP contribution < -0.4 is 24.7 Å². The van der Waals surface area contributed by atoms with Crippen molar-refractivity contribution in [2.45, 2.75) is 19.8 Å². The third-order valence-electron chi connectivity index (χ3n) is 5.57. The average molecular weight is 549 g/mol. The van der Waals surface area contributed by atoms with Crippen LogP contribution in [0.4, 0.5) is 0 Å². The number of rotatable bonds is 7. The van der Waals surface area contributed by atoms with E-state index in [1.54, 1.807) is 49.6 Å². The van der Waals surface area contributed by atoms with Crippen molar-refractivity contribution in [1.82, 2.24) is 0 Å². The Labute approximate surface area is 218 Å². The number of benzene rings is 3. The summed E-state index contributed by atoms with van der Waals surface area (Å²) in [6.45, 7) is 4.68. The number of carbonyl (C=O) groups is 1. The molecule has 0 amide bonds. The molecule has 1 heterocycles. The number of allylic oxidation sites excluding steroid dienone is 1. The Morgan fingerprint density at radius 2 is 1.86 bits per heavy atom. The number of nitrogens with zero attached hydrogens (tertiary/aromatic N) is 1. The standard InChI is InChI=1S/C28H25BrN2O5/c1-16(2)15-34-23-11-6-18(12-25(23)33-3)26-21-10-9-20(13-24(21)36-27(31)22(26)14-30)35-28(32)17-4-7-19(29)8-5-17/h4-13,16,26H,15,31H2,1-3H3. The highest BCUT2D eigenvalue weighted by molar-refractivity contribution is 9.10. The van der Waals surface area contributed by atoms with Gasteiger partial charge in [-0.05, 0) is 53.9 Å². The molecular weight excluding hydrogens is 524 g/mol. The van der Waals surface area contributed by atoms with E-state index in [1.165, 1.54) is 0 Å². The normalized spacial score (nSPS) is 14.5. The summed E-state index contributed by atoms with van der Waals surface area (Å²) in [5, 5.41) is 9.87. The number of hydrogen-bond acceptors (Lipinski definition) is 7. The monoisotopic (exact) mass is 548 g/mol. The summed E-state index contributed by atoms with van der Waals surface area (Å²) in [5.41, 5.74) is 8.32. The lowest BCUT2D eigenvalue weighted by Crippen LogP contribution is -2.21. The zero-order valence-electron chi connectivity index (χ0n) is 20.1. The van der Waals surface area contributed by atoms with Crippen molar-refractivity contribution >= 4 is 21.9 Å². The zero-order chi connectivity index (χ0) is 25.8. The van der Waals surface area contributed by atoms with E-state index >= 15 is 0 Å². The van der Waals surface area contributed by atoms with Gasteiger partial charge in [0.25, 0.3) is 0 Å². The number of ether oxygens (including phenoxy) is 4. The molecule has 1 aliphatic heterocycles. The minimum Gasteiger partial charge on any atom is -0.493 e. The molecule has 0 aliphatic carbocycles. The molecule has 4 rings (SSSR count). The van der Waals surface area contributed by atoms with Gasteiger partial charge in [-0.15, -0.1) is 0 Å². The number of halogens is 1. The first-order valence-electron chi connectivity index (χ1n) is 11.3. The van der Waals surface area contributed by atoms with Crippen LogP contribution in [-0.4, -0.2) is 19.7 Å². The van der Waals surface area contributed by atoms with Gasteiger partial charge in [-0.1, -0.05) is 41.9 Å². The largest absolute Gasteiger partial charge is 0.493 e. The molecule has 3 aromatic rings. The summed E-state index contributed by atoms with van der Waals surface area (Å²) in [6, 6.07) is 19.6. The van der Waals surface area contributed by atoms with Crippen molar-refractivity contribution < 1.29 is 23.7 Å². The Kier molecular flexibility index (Phi) is 7.51. The minimum absolute atomic E-state index is 0.00881. The van der Waals surface area contributed by atoms with Gasteiger partial charge in [0.15, 0.2) is 11.5 Å². The summed E-state index contributed by atoms with van der Waals surface area (Å²) in [7, 11) is 1.57. The lowest BCUT2D eigenvalue weighted by molar-refractivity contribution is 0.0734. The molecule has 3 aromatic carbocycles. The van der Waals surface area contributed by atoms with Crippen molar-refractivity contribution in [2.24, 2.45) is 11.7 Å². The number of carbonyl (C=O) groups excluding carboxylic acids is 1. The second kappa shape index (κ2) is 10.8. The van der Waals surface area contributed by atoms with Crippen molar-refractivity contribution in [2.75, 3.05) is 13.7 Å². The van der Waals surface area contributed by atoms with Crippen LogP contribution in [0, 0.1) is 17.2 Å². The lowest BCUT2D eigenvalue weighted by atomic mass is 9.83. The van der Waals surface area contributed by atoms with E-state index in [2.05, 4.69) is 35.8 Å². The van der Waals surface area contributed by atoms with E-state index in [0.29, 0.717) is 46.6 Å². The molecule has 8 heteroatoms. The van der Waals surface area contributed by atoms with Crippen LogP contribution in [0.3, 0.4) is 0 Å². The maximum absolute atomic E-state index is 12.6. The van der Waals surface area contributed by atoms with Crippen LogP contribution >= 0.6 is 15.9 Å². The first-order chi connectivity index (χ1) is 17.3. The molecule has 0 spiro atoms. The highest BCUT2D eigenvalue weighted by Gasteiger charge is 2.32. The summed E-state index contributed by atoms with van der Waals surface area (Å²) >= 11 is 3.35. The number of nitriles is 1. The van der Waals surface area contributed by atoms with Gasteiger partial charge in [-0.3, -0.25) is 0 Å². The van der Waals surface area contributed by atoms with Crippen LogP contribution in [-0.2, 0) is 0 Å². The molecule has 184 valence electrons. The molecule has 1 unspecified atom stereocenters.